The van der Waals surface area contributed by atoms with Crippen molar-refractivity contribution in [3.63, 3.8) is 0 Å². The quantitative estimate of drug-likeness (QED) is 0.169. The van der Waals surface area contributed by atoms with Gasteiger partial charge in [0.2, 0.25) is 0 Å². The van der Waals surface area contributed by atoms with Gasteiger partial charge in [0.15, 0.2) is 0 Å². The molecular weight excluding hydrogens is 605 g/mol. The Bertz CT molecular complexity index is 2390. The summed E-state index contributed by atoms with van der Waals surface area (Å²) in [4.78, 5) is 2.33. The summed E-state index contributed by atoms with van der Waals surface area (Å²) >= 11 is 0. The number of rotatable bonds is 7. The Morgan fingerprint density at radius 2 is 0.780 bits per heavy atom. The molecule has 0 radical (unpaired) electrons. The van der Waals surface area contributed by atoms with Crippen LogP contribution in [-0.4, -0.2) is 4.57 Å². The highest BCUT2D eigenvalue weighted by Crippen LogP contribution is 2.38. The fourth-order valence-electron chi connectivity index (χ4n) is 6.98. The number of anilines is 3. The molecule has 9 aromatic rings. The lowest BCUT2D eigenvalue weighted by Gasteiger charge is -2.26. The van der Waals surface area contributed by atoms with Gasteiger partial charge < -0.3 is 9.47 Å². The second-order valence-corrected chi connectivity index (χ2v) is 12.5. The molecule has 0 amide bonds. The smallest absolute Gasteiger partial charge is 0.105 e. The van der Waals surface area contributed by atoms with Gasteiger partial charge in [0.25, 0.3) is 0 Å². The van der Waals surface area contributed by atoms with E-state index in [1.807, 2.05) is 6.07 Å². The van der Waals surface area contributed by atoms with Crippen molar-refractivity contribution in [3.05, 3.63) is 206 Å². The monoisotopic (exact) mass is 636 g/mol. The van der Waals surface area contributed by atoms with Gasteiger partial charge in [-0.15, -0.1) is 0 Å². The molecule has 2 heteroatoms. The van der Waals surface area contributed by atoms with Crippen LogP contribution in [0.4, 0.5) is 17.1 Å². The zero-order valence-corrected chi connectivity index (χ0v) is 27.4. The predicted octanol–water partition coefficient (Wildman–Crippen LogP) is 12.9. The van der Waals surface area contributed by atoms with E-state index >= 15 is 0 Å². The molecule has 0 aliphatic rings. The van der Waals surface area contributed by atoms with Crippen molar-refractivity contribution in [2.75, 3.05) is 4.90 Å². The molecule has 0 aliphatic heterocycles. The molecule has 2 nitrogen and oxygen atoms in total. The highest BCUT2D eigenvalue weighted by atomic mass is 15.1. The summed E-state index contributed by atoms with van der Waals surface area (Å²) in [5, 5.41) is 2.41. The van der Waals surface area contributed by atoms with Crippen molar-refractivity contribution >= 4 is 38.9 Å². The molecular formula is C48H32N2. The van der Waals surface area contributed by atoms with E-state index in [1.165, 1.54) is 49.7 Å². The molecule has 0 bridgehead atoms. The minimum absolute atomic E-state index is 1.04. The highest BCUT2D eigenvalue weighted by Gasteiger charge is 2.15. The van der Waals surface area contributed by atoms with Gasteiger partial charge in [-0.25, -0.2) is 0 Å². The molecule has 0 N–H and O–H groups in total. The summed E-state index contributed by atoms with van der Waals surface area (Å²) in [6.45, 7) is 0. The number of benzene rings is 7. The molecule has 8 aromatic carbocycles. The lowest BCUT2D eigenvalue weighted by Crippen LogP contribution is -2.09. The number of hydrogen-bond acceptors (Lipinski definition) is 1. The molecule has 0 atom stereocenters. The van der Waals surface area contributed by atoms with E-state index in [0.29, 0.717) is 0 Å². The number of para-hydroxylation sites is 1. The van der Waals surface area contributed by atoms with Gasteiger partial charge in [0.1, 0.15) is 5.52 Å². The maximum Gasteiger partial charge on any atom is 0.105 e. The van der Waals surface area contributed by atoms with Gasteiger partial charge in [0, 0.05) is 33.5 Å². The molecule has 0 spiro atoms. The van der Waals surface area contributed by atoms with Crippen LogP contribution in [0.5, 0.6) is 0 Å². The maximum atomic E-state index is 3.35. The van der Waals surface area contributed by atoms with Gasteiger partial charge in [-0.1, -0.05) is 133 Å². The summed E-state index contributed by atoms with van der Waals surface area (Å²) in [6.07, 6.45) is 0. The van der Waals surface area contributed by atoms with Crippen molar-refractivity contribution in [1.82, 2.24) is 4.57 Å². The highest BCUT2D eigenvalue weighted by molar-refractivity contribution is 6.08. The van der Waals surface area contributed by atoms with Crippen LogP contribution in [0.1, 0.15) is 0 Å². The Morgan fingerprint density at radius 3 is 1.28 bits per heavy atom. The van der Waals surface area contributed by atoms with Gasteiger partial charge in [-0.2, -0.15) is 0 Å². The summed E-state index contributed by atoms with van der Waals surface area (Å²) in [6, 6.07) is 75.5. The first-order chi connectivity index (χ1) is 24.8. The Morgan fingerprint density at radius 1 is 0.360 bits per heavy atom. The van der Waals surface area contributed by atoms with Crippen LogP contribution in [0.25, 0.3) is 60.9 Å². The number of nitrogens with zero attached hydrogens (tertiary/aromatic N) is 2. The summed E-state index contributed by atoms with van der Waals surface area (Å²) < 4.78 is 2.28. The minimum atomic E-state index is 1.04. The fraction of sp³-hybridized carbons (Fsp3) is 0. The normalized spacial score (nSPS) is 11.0. The molecule has 234 valence electrons. The third kappa shape index (κ3) is 5.38. The van der Waals surface area contributed by atoms with Crippen LogP contribution in [0.15, 0.2) is 194 Å². The third-order valence-corrected chi connectivity index (χ3v) is 9.49. The third-order valence-electron chi connectivity index (χ3n) is 9.49. The first-order valence-electron chi connectivity index (χ1n) is 16.9. The second-order valence-electron chi connectivity index (χ2n) is 12.5. The summed E-state index contributed by atoms with van der Waals surface area (Å²) in [5.74, 6) is 0. The molecule has 0 saturated heterocycles. The Balaban J connectivity index is 1.05. The lowest BCUT2D eigenvalue weighted by atomic mass is 10.0. The van der Waals surface area contributed by atoms with E-state index in [-0.39, 0.29) is 0 Å². The number of aromatic nitrogens is 1. The van der Waals surface area contributed by atoms with E-state index in [9.17, 15) is 0 Å². The number of fused-ring (bicyclic) bond motifs is 3. The second kappa shape index (κ2) is 12.7. The Hall–Kier alpha value is -6.82. The average molecular weight is 637 g/mol. The van der Waals surface area contributed by atoms with Crippen molar-refractivity contribution in [2.24, 2.45) is 0 Å². The SMILES string of the molecule is c1ccc2c3ccccc3n(-c3ccc(-c4ccc(N(c5ccc(-c6ccccc6)cc5)c5ccc(-c6ccccc6)cc5)cc4)cc3)c2c#1. The topological polar surface area (TPSA) is 8.17 Å². The van der Waals surface area contributed by atoms with Gasteiger partial charge in [-0.3, -0.25) is 0 Å². The molecule has 0 unspecified atom stereocenters. The van der Waals surface area contributed by atoms with Gasteiger partial charge in [0.05, 0.1) is 5.52 Å². The van der Waals surface area contributed by atoms with Crippen LogP contribution >= 0.6 is 0 Å². The van der Waals surface area contributed by atoms with E-state index < -0.39 is 0 Å². The zero-order valence-electron chi connectivity index (χ0n) is 27.4. The van der Waals surface area contributed by atoms with Crippen molar-refractivity contribution < 1.29 is 0 Å². The van der Waals surface area contributed by atoms with Crippen LogP contribution in [0.3, 0.4) is 0 Å². The molecule has 1 aromatic heterocycles. The summed E-state index contributed by atoms with van der Waals surface area (Å²) in [5.41, 5.74) is 13.8. The average Bonchev–Trinajstić information content (AvgIpc) is 3.54. The Labute approximate surface area is 292 Å². The van der Waals surface area contributed by atoms with E-state index in [2.05, 4.69) is 210 Å². The van der Waals surface area contributed by atoms with E-state index in [1.54, 1.807) is 0 Å². The first-order valence-corrected chi connectivity index (χ1v) is 16.9. The van der Waals surface area contributed by atoms with Crippen molar-refractivity contribution in [2.45, 2.75) is 0 Å². The van der Waals surface area contributed by atoms with E-state index in [0.717, 1.165) is 28.3 Å². The molecule has 50 heavy (non-hydrogen) atoms. The standard InChI is InChI=1S/C48H32N2/c1-3-11-35(12-4-1)37-19-27-41(28-20-37)49(42-29-21-38(22-30-42)36-13-5-2-6-14-36)43-31-23-39(24-32-43)40-25-33-44(34-26-40)50-47-17-9-7-15-45(47)46-16-8-10-18-48(46)50/h1-9,11-17,19-34H. The van der Waals surface area contributed by atoms with Crippen molar-refractivity contribution in [3.8, 4) is 39.1 Å². The fourth-order valence-corrected chi connectivity index (χ4v) is 6.98. The van der Waals surface area contributed by atoms with Crippen LogP contribution < -0.4 is 4.90 Å². The zero-order chi connectivity index (χ0) is 33.3. The lowest BCUT2D eigenvalue weighted by molar-refractivity contribution is 1.18. The maximum absolute atomic E-state index is 3.35. The minimum Gasteiger partial charge on any atom is -0.311 e. The van der Waals surface area contributed by atoms with E-state index in [4.69, 9.17) is 0 Å². The predicted molar refractivity (Wildman–Crippen MR) is 209 cm³/mol. The van der Waals surface area contributed by atoms with Crippen LogP contribution in [-0.2, 0) is 0 Å². The molecule has 0 aliphatic carbocycles. The van der Waals surface area contributed by atoms with Gasteiger partial charge >= 0.3 is 0 Å². The molecule has 0 fully saturated rings. The molecule has 0 saturated carbocycles. The largest absolute Gasteiger partial charge is 0.311 e. The molecule has 1 heterocycles. The number of hydrogen-bond donors (Lipinski definition) is 0. The van der Waals surface area contributed by atoms with Crippen molar-refractivity contribution in [1.29, 1.82) is 0 Å². The molecule has 9 rings (SSSR count). The van der Waals surface area contributed by atoms with Gasteiger partial charge in [-0.05, 0) is 106 Å². The van der Waals surface area contributed by atoms with Crippen LogP contribution in [0, 0.1) is 12.1 Å². The summed E-state index contributed by atoms with van der Waals surface area (Å²) in [7, 11) is 0. The first kappa shape index (κ1) is 29.3. The van der Waals surface area contributed by atoms with Crippen LogP contribution in [0.2, 0.25) is 0 Å². The Kier molecular flexibility index (Phi) is 7.42.